The van der Waals surface area contributed by atoms with E-state index in [1.165, 1.54) is 4.90 Å². The minimum atomic E-state index is -0.864. The van der Waals surface area contributed by atoms with Gasteiger partial charge in [-0.05, 0) is 42.0 Å². The molecule has 1 atom stereocenters. The lowest BCUT2D eigenvalue weighted by Gasteiger charge is -2.25. The van der Waals surface area contributed by atoms with E-state index >= 15 is 0 Å². The smallest absolute Gasteiger partial charge is 0.259 e. The lowest BCUT2D eigenvalue weighted by molar-refractivity contribution is -0.128. The number of carbonyl (C=O) groups is 3. The third-order valence-electron chi connectivity index (χ3n) is 6.26. The Kier molecular flexibility index (Phi) is 7.74. The van der Waals surface area contributed by atoms with Gasteiger partial charge >= 0.3 is 0 Å². The third kappa shape index (κ3) is 6.01. The van der Waals surface area contributed by atoms with Crippen LogP contribution < -0.4 is 15.5 Å². The molecule has 0 fully saturated rings. The molecule has 198 valence electrons. The summed E-state index contributed by atoms with van der Waals surface area (Å²) >= 11 is 1.16. The van der Waals surface area contributed by atoms with E-state index in [1.54, 1.807) is 0 Å². The van der Waals surface area contributed by atoms with Crippen molar-refractivity contribution in [3.05, 3.63) is 90.0 Å². The van der Waals surface area contributed by atoms with Crippen LogP contribution in [0.3, 0.4) is 0 Å². The maximum Gasteiger partial charge on any atom is 0.259 e. The fourth-order valence-corrected chi connectivity index (χ4v) is 5.05. The van der Waals surface area contributed by atoms with Crippen molar-refractivity contribution >= 4 is 57.5 Å². The van der Waals surface area contributed by atoms with Gasteiger partial charge in [0.25, 0.3) is 5.91 Å². The summed E-state index contributed by atoms with van der Waals surface area (Å²) in [6.45, 7) is 0.374. The Labute approximate surface area is 231 Å². The van der Waals surface area contributed by atoms with Gasteiger partial charge in [-0.15, -0.1) is 0 Å². The molecule has 3 amide bonds. The van der Waals surface area contributed by atoms with Crippen LogP contribution in [0.25, 0.3) is 0 Å². The number of amides is 3. The summed E-state index contributed by atoms with van der Waals surface area (Å²) in [6.07, 6.45) is -0.0742. The average Bonchev–Trinajstić information content (AvgIpc) is 3.27. The topological polar surface area (TPSA) is 106 Å². The summed E-state index contributed by atoms with van der Waals surface area (Å²) in [4.78, 5) is 51.5. The van der Waals surface area contributed by atoms with Crippen LogP contribution in [0.5, 0.6) is 0 Å². The number of amidine groups is 2. The minimum absolute atomic E-state index is 0.0513. The molecule has 2 N–H and O–H groups in total. The van der Waals surface area contributed by atoms with E-state index < -0.39 is 6.04 Å². The number of benzene rings is 3. The standard InChI is InChI=1S/C29H28N6O3S/c1-34(2)21-14-12-20(13-15-21)31-26(37)18-39-29-33-23-11-7-6-10-22(23)27-32-24(28(38)35(27)29)16-25(36)30-17-19-8-4-3-5-9-19/h3-15,24H,16-18H2,1-2H3,(H,30,36)(H,31,37)/t24-/m1/s1. The van der Waals surface area contributed by atoms with Crippen molar-refractivity contribution in [2.75, 3.05) is 30.1 Å². The quantitative estimate of drug-likeness (QED) is 0.452. The number of hydrogen-bond acceptors (Lipinski definition) is 7. The molecule has 0 saturated carbocycles. The van der Waals surface area contributed by atoms with Crippen LogP contribution in [-0.2, 0) is 20.9 Å². The number of fused-ring (bicyclic) bond motifs is 3. The van der Waals surface area contributed by atoms with Crippen LogP contribution in [0.4, 0.5) is 17.1 Å². The van der Waals surface area contributed by atoms with Gasteiger partial charge in [-0.3, -0.25) is 19.4 Å². The van der Waals surface area contributed by atoms with Crippen LogP contribution in [0, 0.1) is 0 Å². The maximum atomic E-state index is 13.4. The van der Waals surface area contributed by atoms with Crippen LogP contribution >= 0.6 is 11.8 Å². The number of hydrogen-bond donors (Lipinski definition) is 2. The molecule has 2 aliphatic heterocycles. The van der Waals surface area contributed by atoms with E-state index in [1.807, 2.05) is 97.9 Å². The molecular weight excluding hydrogens is 512 g/mol. The second kappa shape index (κ2) is 11.5. The first-order valence-electron chi connectivity index (χ1n) is 12.5. The highest BCUT2D eigenvalue weighted by molar-refractivity contribution is 8.14. The zero-order chi connectivity index (χ0) is 27.4. The summed E-state index contributed by atoms with van der Waals surface area (Å²) in [5.41, 5.74) is 4.06. The summed E-state index contributed by atoms with van der Waals surface area (Å²) < 4.78 is 0. The van der Waals surface area contributed by atoms with Crippen LogP contribution in [-0.4, -0.2) is 59.5 Å². The van der Waals surface area contributed by atoms with Crippen LogP contribution in [0.1, 0.15) is 17.5 Å². The number of rotatable bonds is 8. The van der Waals surface area contributed by atoms with Crippen LogP contribution in [0.2, 0.25) is 0 Å². The Hall–Kier alpha value is -4.44. The molecule has 0 unspecified atom stereocenters. The number of thioether (sulfide) groups is 1. The van der Waals surface area contributed by atoms with Crippen molar-refractivity contribution in [3.63, 3.8) is 0 Å². The highest BCUT2D eigenvalue weighted by Gasteiger charge is 2.42. The highest BCUT2D eigenvalue weighted by Crippen LogP contribution is 2.34. The van der Waals surface area contributed by atoms with Crippen molar-refractivity contribution in [2.24, 2.45) is 9.98 Å². The normalized spacial score (nSPS) is 15.6. The van der Waals surface area contributed by atoms with Crippen molar-refractivity contribution in [3.8, 4) is 0 Å². The molecule has 2 aliphatic rings. The Balaban J connectivity index is 1.26. The van der Waals surface area contributed by atoms with Crippen molar-refractivity contribution in [2.45, 2.75) is 19.0 Å². The molecule has 10 heteroatoms. The van der Waals surface area contributed by atoms with Gasteiger partial charge in [0.05, 0.1) is 17.9 Å². The fourth-order valence-electron chi connectivity index (χ4n) is 4.25. The zero-order valence-electron chi connectivity index (χ0n) is 21.6. The maximum absolute atomic E-state index is 13.4. The summed E-state index contributed by atoms with van der Waals surface area (Å²) in [5, 5.41) is 6.10. The SMILES string of the molecule is CN(C)c1ccc(NC(=O)CSC2=Nc3ccccc3C3=N[C@H](CC(=O)NCc4ccccc4)C(=O)N23)cc1. The summed E-state index contributed by atoms with van der Waals surface area (Å²) in [5.74, 6) is -0.314. The van der Waals surface area contributed by atoms with Crippen molar-refractivity contribution in [1.29, 1.82) is 0 Å². The largest absolute Gasteiger partial charge is 0.378 e. The Bertz CT molecular complexity index is 1450. The molecular formula is C29H28N6O3S. The van der Waals surface area contributed by atoms with Gasteiger partial charge < -0.3 is 15.5 Å². The molecule has 0 aliphatic carbocycles. The van der Waals surface area contributed by atoms with E-state index in [4.69, 9.17) is 0 Å². The predicted molar refractivity (Wildman–Crippen MR) is 155 cm³/mol. The molecule has 9 nitrogen and oxygen atoms in total. The van der Waals surface area contributed by atoms with Gasteiger partial charge in [-0.1, -0.05) is 54.2 Å². The van der Waals surface area contributed by atoms with E-state index in [2.05, 4.69) is 20.6 Å². The predicted octanol–water partition coefficient (Wildman–Crippen LogP) is 3.79. The van der Waals surface area contributed by atoms with E-state index in [-0.39, 0.29) is 29.9 Å². The second-order valence-corrected chi connectivity index (χ2v) is 10.2. The monoisotopic (exact) mass is 540 g/mol. The second-order valence-electron chi connectivity index (χ2n) is 9.30. The van der Waals surface area contributed by atoms with Gasteiger partial charge in [0, 0.05) is 37.6 Å². The minimum Gasteiger partial charge on any atom is -0.378 e. The Morgan fingerprint density at radius 2 is 1.67 bits per heavy atom. The van der Waals surface area contributed by atoms with Gasteiger partial charge in [-0.25, -0.2) is 9.89 Å². The van der Waals surface area contributed by atoms with Crippen molar-refractivity contribution in [1.82, 2.24) is 10.2 Å². The summed E-state index contributed by atoms with van der Waals surface area (Å²) in [7, 11) is 3.90. The third-order valence-corrected chi connectivity index (χ3v) is 7.20. The first-order chi connectivity index (χ1) is 18.9. The number of carbonyl (C=O) groups excluding carboxylic acids is 3. The van der Waals surface area contributed by atoms with Gasteiger partial charge in [-0.2, -0.15) is 0 Å². The van der Waals surface area contributed by atoms with Gasteiger partial charge in [0.2, 0.25) is 11.8 Å². The highest BCUT2D eigenvalue weighted by atomic mass is 32.2. The van der Waals surface area contributed by atoms with E-state index in [0.717, 1.165) is 23.0 Å². The Morgan fingerprint density at radius 1 is 0.949 bits per heavy atom. The lowest BCUT2D eigenvalue weighted by Crippen LogP contribution is -2.42. The molecule has 0 radical (unpaired) electrons. The molecule has 2 heterocycles. The molecule has 0 aromatic heterocycles. The first kappa shape index (κ1) is 26.2. The molecule has 0 spiro atoms. The van der Waals surface area contributed by atoms with E-state index in [9.17, 15) is 14.4 Å². The zero-order valence-corrected chi connectivity index (χ0v) is 22.4. The molecule has 0 bridgehead atoms. The lowest BCUT2D eigenvalue weighted by atomic mass is 10.1. The summed E-state index contributed by atoms with van der Waals surface area (Å²) in [6, 6.07) is 23.6. The fraction of sp³-hybridized carbons (Fsp3) is 0.207. The number of nitrogens with zero attached hydrogens (tertiary/aromatic N) is 4. The molecule has 5 rings (SSSR count). The molecule has 3 aromatic carbocycles. The molecule has 39 heavy (non-hydrogen) atoms. The Morgan fingerprint density at radius 3 is 2.41 bits per heavy atom. The first-order valence-corrected chi connectivity index (χ1v) is 13.5. The number of nitrogens with one attached hydrogen (secondary N) is 2. The van der Waals surface area contributed by atoms with Crippen molar-refractivity contribution < 1.29 is 14.4 Å². The van der Waals surface area contributed by atoms with Gasteiger partial charge in [0.1, 0.15) is 11.9 Å². The van der Waals surface area contributed by atoms with E-state index in [0.29, 0.717) is 34.5 Å². The molecule has 0 saturated heterocycles. The number of para-hydroxylation sites is 1. The molecule has 3 aromatic rings. The number of anilines is 2. The van der Waals surface area contributed by atoms with Gasteiger partial charge in [0.15, 0.2) is 5.17 Å². The average molecular weight is 541 g/mol. The number of aliphatic imine (C=N–C) groups is 2. The van der Waals surface area contributed by atoms with Crippen LogP contribution in [0.15, 0.2) is 88.8 Å².